The van der Waals surface area contributed by atoms with Crippen LogP contribution in [-0.4, -0.2) is 38.0 Å². The molecule has 3 atom stereocenters. The normalized spacial score (nSPS) is 24.6. The van der Waals surface area contributed by atoms with Crippen molar-refractivity contribution < 1.29 is 9.47 Å². The number of likely N-dealkylation sites (N-methyl/N-ethyl adjacent to an activating group) is 1. The first kappa shape index (κ1) is 13.9. The van der Waals surface area contributed by atoms with Gasteiger partial charge in [-0.05, 0) is 46.1 Å². The third kappa shape index (κ3) is 4.81. The van der Waals surface area contributed by atoms with E-state index >= 15 is 0 Å². The highest BCUT2D eigenvalue weighted by Gasteiger charge is 2.21. The van der Waals surface area contributed by atoms with Crippen LogP contribution in [0.2, 0.25) is 0 Å². The first-order chi connectivity index (χ1) is 7.77. The molecule has 0 bridgehead atoms. The summed E-state index contributed by atoms with van der Waals surface area (Å²) in [6.45, 7) is 9.12. The summed E-state index contributed by atoms with van der Waals surface area (Å²) in [5.41, 5.74) is 0. The second kappa shape index (κ2) is 8.04. The van der Waals surface area contributed by atoms with Gasteiger partial charge in [-0.25, -0.2) is 0 Å². The van der Waals surface area contributed by atoms with Gasteiger partial charge < -0.3 is 14.8 Å². The topological polar surface area (TPSA) is 30.5 Å². The minimum Gasteiger partial charge on any atom is -0.378 e. The van der Waals surface area contributed by atoms with Crippen molar-refractivity contribution in [1.29, 1.82) is 0 Å². The molecular formula is C13H27NO2. The molecule has 1 fully saturated rings. The lowest BCUT2D eigenvalue weighted by atomic mass is 10.0. The Morgan fingerprint density at radius 3 is 2.81 bits per heavy atom. The molecule has 0 aromatic heterocycles. The van der Waals surface area contributed by atoms with Crippen molar-refractivity contribution in [3.8, 4) is 0 Å². The zero-order valence-electron chi connectivity index (χ0n) is 11.0. The Balaban J connectivity index is 2.25. The summed E-state index contributed by atoms with van der Waals surface area (Å²) in [7, 11) is 0. The van der Waals surface area contributed by atoms with Crippen molar-refractivity contribution in [1.82, 2.24) is 5.32 Å². The number of rotatable bonds is 8. The van der Waals surface area contributed by atoms with Crippen LogP contribution in [0.25, 0.3) is 0 Å². The van der Waals surface area contributed by atoms with Gasteiger partial charge in [0.1, 0.15) is 0 Å². The van der Waals surface area contributed by atoms with Crippen molar-refractivity contribution in [3.63, 3.8) is 0 Å². The minimum atomic E-state index is 0.298. The van der Waals surface area contributed by atoms with Crippen molar-refractivity contribution in [2.75, 3.05) is 19.8 Å². The second-order valence-corrected chi connectivity index (χ2v) is 4.54. The molecule has 0 amide bonds. The van der Waals surface area contributed by atoms with Crippen molar-refractivity contribution >= 4 is 0 Å². The third-order valence-corrected chi connectivity index (χ3v) is 3.29. The number of nitrogens with one attached hydrogen (secondary N) is 1. The lowest BCUT2D eigenvalue weighted by Gasteiger charge is -2.25. The average molecular weight is 229 g/mol. The lowest BCUT2D eigenvalue weighted by Crippen LogP contribution is -2.40. The van der Waals surface area contributed by atoms with Crippen LogP contribution in [0.5, 0.6) is 0 Å². The summed E-state index contributed by atoms with van der Waals surface area (Å²) in [4.78, 5) is 0. The molecule has 3 nitrogen and oxygen atoms in total. The molecule has 16 heavy (non-hydrogen) atoms. The van der Waals surface area contributed by atoms with Gasteiger partial charge >= 0.3 is 0 Å². The molecule has 1 aliphatic heterocycles. The van der Waals surface area contributed by atoms with E-state index in [-0.39, 0.29) is 0 Å². The van der Waals surface area contributed by atoms with Crippen LogP contribution in [-0.2, 0) is 9.47 Å². The molecule has 0 spiro atoms. The Labute approximate surface area is 99.9 Å². The molecule has 0 radical (unpaired) electrons. The van der Waals surface area contributed by atoms with Crippen molar-refractivity contribution in [3.05, 3.63) is 0 Å². The quantitative estimate of drug-likeness (QED) is 0.693. The summed E-state index contributed by atoms with van der Waals surface area (Å²) in [6, 6.07) is 0.467. The number of hydrogen-bond acceptors (Lipinski definition) is 3. The average Bonchev–Trinajstić information content (AvgIpc) is 2.77. The number of hydrogen-bond donors (Lipinski definition) is 1. The zero-order chi connectivity index (χ0) is 11.8. The first-order valence-corrected chi connectivity index (χ1v) is 6.74. The standard InChI is InChI=1S/C13H27NO2/c1-4-14-13(11(3)15-5-2)9-8-12-7-6-10-16-12/h11-14H,4-10H2,1-3H3. The first-order valence-electron chi connectivity index (χ1n) is 6.74. The lowest BCUT2D eigenvalue weighted by molar-refractivity contribution is 0.0374. The highest BCUT2D eigenvalue weighted by molar-refractivity contribution is 4.76. The summed E-state index contributed by atoms with van der Waals surface area (Å²) in [6.07, 6.45) is 5.58. The van der Waals surface area contributed by atoms with Crippen molar-refractivity contribution in [2.45, 2.75) is 64.7 Å². The van der Waals surface area contributed by atoms with E-state index < -0.39 is 0 Å². The molecule has 96 valence electrons. The molecular weight excluding hydrogens is 202 g/mol. The van der Waals surface area contributed by atoms with Gasteiger partial charge in [0.15, 0.2) is 0 Å². The van der Waals surface area contributed by atoms with Crippen LogP contribution >= 0.6 is 0 Å². The molecule has 0 aromatic carbocycles. The van der Waals surface area contributed by atoms with Crippen molar-refractivity contribution in [2.24, 2.45) is 0 Å². The van der Waals surface area contributed by atoms with Gasteiger partial charge in [-0.2, -0.15) is 0 Å². The Kier molecular flexibility index (Phi) is 7.01. The molecule has 1 saturated heterocycles. The van der Waals surface area contributed by atoms with Crippen LogP contribution in [0.4, 0.5) is 0 Å². The van der Waals surface area contributed by atoms with E-state index in [1.807, 2.05) is 0 Å². The smallest absolute Gasteiger partial charge is 0.0699 e. The second-order valence-electron chi connectivity index (χ2n) is 4.54. The molecule has 0 aliphatic carbocycles. The van der Waals surface area contributed by atoms with E-state index in [1.165, 1.54) is 12.8 Å². The van der Waals surface area contributed by atoms with E-state index in [4.69, 9.17) is 9.47 Å². The van der Waals surface area contributed by atoms with E-state index in [9.17, 15) is 0 Å². The summed E-state index contributed by atoms with van der Waals surface area (Å²) >= 11 is 0. The molecule has 3 unspecified atom stereocenters. The van der Waals surface area contributed by atoms with E-state index in [0.717, 1.165) is 32.6 Å². The fourth-order valence-electron chi connectivity index (χ4n) is 2.38. The maximum Gasteiger partial charge on any atom is 0.0699 e. The van der Waals surface area contributed by atoms with Gasteiger partial charge in [-0.15, -0.1) is 0 Å². The van der Waals surface area contributed by atoms with Gasteiger partial charge in [0, 0.05) is 19.3 Å². The van der Waals surface area contributed by atoms with Gasteiger partial charge in [0.2, 0.25) is 0 Å². The molecule has 0 aromatic rings. The van der Waals surface area contributed by atoms with Gasteiger partial charge in [-0.3, -0.25) is 0 Å². The molecule has 0 saturated carbocycles. The molecule has 1 rings (SSSR count). The van der Waals surface area contributed by atoms with Crippen LogP contribution in [0, 0.1) is 0 Å². The van der Waals surface area contributed by atoms with Crippen LogP contribution < -0.4 is 5.32 Å². The monoisotopic (exact) mass is 229 g/mol. The van der Waals surface area contributed by atoms with Crippen LogP contribution in [0.1, 0.15) is 46.5 Å². The van der Waals surface area contributed by atoms with E-state index in [1.54, 1.807) is 0 Å². The molecule has 3 heteroatoms. The predicted molar refractivity (Wildman–Crippen MR) is 66.8 cm³/mol. The number of ether oxygens (including phenoxy) is 2. The Hall–Kier alpha value is -0.120. The maximum atomic E-state index is 5.67. The van der Waals surface area contributed by atoms with Gasteiger partial charge in [-0.1, -0.05) is 6.92 Å². The van der Waals surface area contributed by atoms with Gasteiger partial charge in [0.25, 0.3) is 0 Å². The SMILES string of the molecule is CCNC(CCC1CCCO1)C(C)OCC. The Morgan fingerprint density at radius 2 is 2.25 bits per heavy atom. The highest BCUT2D eigenvalue weighted by Crippen LogP contribution is 2.19. The van der Waals surface area contributed by atoms with E-state index in [0.29, 0.717) is 18.2 Å². The van der Waals surface area contributed by atoms with E-state index in [2.05, 4.69) is 26.1 Å². The third-order valence-electron chi connectivity index (χ3n) is 3.29. The Bertz CT molecular complexity index is 169. The highest BCUT2D eigenvalue weighted by atomic mass is 16.5. The van der Waals surface area contributed by atoms with Crippen LogP contribution in [0.3, 0.4) is 0 Å². The zero-order valence-corrected chi connectivity index (χ0v) is 11.0. The fourth-order valence-corrected chi connectivity index (χ4v) is 2.38. The summed E-state index contributed by atoms with van der Waals surface area (Å²) in [5, 5.41) is 3.51. The van der Waals surface area contributed by atoms with Crippen LogP contribution in [0.15, 0.2) is 0 Å². The minimum absolute atomic E-state index is 0.298. The maximum absolute atomic E-state index is 5.67. The summed E-state index contributed by atoms with van der Waals surface area (Å²) < 4.78 is 11.3. The summed E-state index contributed by atoms with van der Waals surface area (Å²) in [5.74, 6) is 0. The Morgan fingerprint density at radius 1 is 1.44 bits per heavy atom. The van der Waals surface area contributed by atoms with Gasteiger partial charge in [0.05, 0.1) is 12.2 Å². The molecule has 1 heterocycles. The molecule has 1 N–H and O–H groups in total. The fraction of sp³-hybridized carbons (Fsp3) is 1.00. The predicted octanol–water partition coefficient (Wildman–Crippen LogP) is 2.35. The molecule has 1 aliphatic rings. The largest absolute Gasteiger partial charge is 0.378 e.